The van der Waals surface area contributed by atoms with Crippen molar-refractivity contribution >= 4 is 67.6 Å². The van der Waals surface area contributed by atoms with Gasteiger partial charge in [-0.15, -0.1) is 4.33 Å². The first-order valence-electron chi connectivity index (χ1n) is 7.51. The predicted octanol–water partition coefficient (Wildman–Crippen LogP) is 1.51. The van der Waals surface area contributed by atoms with Crippen molar-refractivity contribution in [3.63, 3.8) is 0 Å². The van der Waals surface area contributed by atoms with E-state index in [1.807, 2.05) is 0 Å². The summed E-state index contributed by atoms with van der Waals surface area (Å²) in [4.78, 5) is 19.5. The third-order valence-electron chi connectivity index (χ3n) is 4.07. The van der Waals surface area contributed by atoms with Crippen LogP contribution < -0.4 is 5.11 Å². The second-order valence-corrected chi connectivity index (χ2v) is 7.84. The van der Waals surface area contributed by atoms with Gasteiger partial charge in [0.1, 0.15) is 15.8 Å². The van der Waals surface area contributed by atoms with Crippen molar-refractivity contribution in [2.75, 3.05) is 0 Å². The van der Waals surface area contributed by atoms with Gasteiger partial charge < -0.3 is 14.6 Å². The molecule has 0 radical (unpaired) electrons. The number of aromatic amines is 1. The number of benzene rings is 2. The van der Waals surface area contributed by atoms with Gasteiger partial charge in [0.25, 0.3) is 0 Å². The number of aromatic nitrogens is 1. The number of hydrogen-bond donors (Lipinski definition) is 2. The van der Waals surface area contributed by atoms with Crippen molar-refractivity contribution in [2.45, 2.75) is 9.79 Å². The zero-order valence-corrected chi connectivity index (χ0v) is 16.9. The Morgan fingerprint density at radius 2 is 1.93 bits per heavy atom. The first kappa shape index (κ1) is 21.5. The SMILES string of the molecule is O=C1C(c2[nH]c3ccc(S(=O)(=O)[O-])cc3c2[O-])=Nc2ccc(SOOO)cc21.[Al+3]. The molecule has 4 rings (SSSR count). The summed E-state index contributed by atoms with van der Waals surface area (Å²) in [6, 6.07) is 7.86. The van der Waals surface area contributed by atoms with Crippen LogP contribution in [0.1, 0.15) is 16.1 Å². The number of carbonyl (C=O) groups excluding carboxylic acids is 1. The molecule has 2 N–H and O–H groups in total. The van der Waals surface area contributed by atoms with E-state index in [9.17, 15) is 22.9 Å². The normalized spacial score (nSPS) is 13.3. The zero-order valence-electron chi connectivity index (χ0n) is 14.1. The van der Waals surface area contributed by atoms with E-state index in [1.54, 1.807) is 6.07 Å². The summed E-state index contributed by atoms with van der Waals surface area (Å²) in [6.07, 6.45) is 0. The van der Waals surface area contributed by atoms with Crippen LogP contribution in [-0.4, -0.2) is 52.1 Å². The Hall–Kier alpha value is -2.21. The van der Waals surface area contributed by atoms with E-state index in [4.69, 9.17) is 5.26 Å². The summed E-state index contributed by atoms with van der Waals surface area (Å²) in [6.45, 7) is 0. The number of carbonyl (C=O) groups is 1. The molecule has 2 aromatic carbocycles. The fourth-order valence-electron chi connectivity index (χ4n) is 2.84. The number of Topliss-reactive ketones (excluding diaryl/α,β-unsaturated/α-hetero) is 1. The van der Waals surface area contributed by atoms with Gasteiger partial charge >= 0.3 is 17.4 Å². The second kappa shape index (κ2) is 7.90. The molecule has 0 saturated carbocycles. The topological polar surface area (TPSA) is 164 Å². The molecule has 0 fully saturated rings. The average Bonchev–Trinajstić information content (AvgIpc) is 3.16. The molecule has 0 bridgehead atoms. The second-order valence-electron chi connectivity index (χ2n) is 5.69. The minimum Gasteiger partial charge on any atom is -0.871 e. The molecular weight excluding hydrogens is 439 g/mol. The summed E-state index contributed by atoms with van der Waals surface area (Å²) in [5.74, 6) is -1.17. The van der Waals surface area contributed by atoms with Crippen LogP contribution in [0.3, 0.4) is 0 Å². The van der Waals surface area contributed by atoms with E-state index in [1.165, 1.54) is 18.2 Å². The quantitative estimate of drug-likeness (QED) is 0.194. The van der Waals surface area contributed by atoms with Crippen molar-refractivity contribution < 1.29 is 37.5 Å². The number of nitrogens with one attached hydrogen (secondary N) is 1. The molecule has 144 valence electrons. The number of hydrogen-bond acceptors (Lipinski definition) is 10. The van der Waals surface area contributed by atoms with Crippen LogP contribution >= 0.6 is 12.0 Å². The molecule has 10 nitrogen and oxygen atoms in total. The third-order valence-corrected chi connectivity index (χ3v) is 5.48. The molecule has 0 saturated heterocycles. The minimum atomic E-state index is -4.73. The van der Waals surface area contributed by atoms with E-state index in [2.05, 4.69) is 19.3 Å². The van der Waals surface area contributed by atoms with Crippen LogP contribution in [0.25, 0.3) is 10.9 Å². The molecule has 29 heavy (non-hydrogen) atoms. The fraction of sp³-hybridized carbons (Fsp3) is 0. The van der Waals surface area contributed by atoms with Crippen LogP contribution in [0.5, 0.6) is 5.75 Å². The van der Waals surface area contributed by atoms with Gasteiger partial charge in [0, 0.05) is 10.4 Å². The maximum Gasteiger partial charge on any atom is 3.00 e. The Bertz CT molecular complexity index is 1270. The fourth-order valence-corrected chi connectivity index (χ4v) is 3.73. The van der Waals surface area contributed by atoms with Crippen LogP contribution in [0.4, 0.5) is 5.69 Å². The Morgan fingerprint density at radius 1 is 1.17 bits per heavy atom. The van der Waals surface area contributed by atoms with E-state index in [0.29, 0.717) is 22.6 Å². The van der Waals surface area contributed by atoms with E-state index in [-0.39, 0.29) is 45.2 Å². The molecule has 0 amide bonds. The molecule has 3 aromatic rings. The van der Waals surface area contributed by atoms with Gasteiger partial charge in [0.05, 0.1) is 33.9 Å². The Morgan fingerprint density at radius 3 is 2.62 bits per heavy atom. The van der Waals surface area contributed by atoms with Crippen molar-refractivity contribution in [1.29, 1.82) is 0 Å². The molecule has 1 aliphatic rings. The number of ketones is 1. The standard InChI is InChI=1S/C16H10N2O8S2.Al/c19-15-9-5-7(27-26-25-21)1-3-11(9)17-13(15)14-16(20)10-6-8(28(22,23)24)2-4-12(10)18-14;/h1-6,18,20-21H,(H,22,23,24);/q;+3/p-2. The predicted molar refractivity (Wildman–Crippen MR) is 99.1 cm³/mol. The van der Waals surface area contributed by atoms with Crippen LogP contribution in [-0.2, 0) is 19.5 Å². The average molecular weight is 447 g/mol. The van der Waals surface area contributed by atoms with Gasteiger partial charge in [-0.05, 0) is 41.8 Å². The smallest absolute Gasteiger partial charge is 0.871 e. The van der Waals surface area contributed by atoms with Crippen molar-refractivity contribution in [1.82, 2.24) is 4.98 Å². The van der Waals surface area contributed by atoms with E-state index < -0.39 is 26.5 Å². The van der Waals surface area contributed by atoms with E-state index in [0.717, 1.165) is 12.1 Å². The maximum absolute atomic E-state index is 12.7. The molecule has 1 aromatic heterocycles. The van der Waals surface area contributed by atoms with Gasteiger partial charge in [-0.2, -0.15) is 0 Å². The van der Waals surface area contributed by atoms with Crippen molar-refractivity contribution in [3.8, 4) is 5.75 Å². The molecule has 0 aliphatic carbocycles. The molecule has 0 spiro atoms. The Kier molecular flexibility index (Phi) is 5.86. The number of aliphatic imine (C=N–C) groups is 1. The number of fused-ring (bicyclic) bond motifs is 2. The van der Waals surface area contributed by atoms with Gasteiger partial charge in [-0.3, -0.25) is 4.79 Å². The molecule has 2 heterocycles. The van der Waals surface area contributed by atoms with Gasteiger partial charge in [0.15, 0.2) is 0 Å². The Labute approximate surface area is 178 Å². The van der Waals surface area contributed by atoms with Gasteiger partial charge in [-0.25, -0.2) is 18.7 Å². The van der Waals surface area contributed by atoms with Crippen molar-refractivity contribution in [2.24, 2.45) is 4.99 Å². The molecular formula is C16H8AlN2O8S2+. The Balaban J connectivity index is 0.00000240. The summed E-state index contributed by atoms with van der Waals surface area (Å²) in [5, 5.41) is 24.3. The van der Waals surface area contributed by atoms with Crippen LogP contribution in [0.2, 0.25) is 0 Å². The van der Waals surface area contributed by atoms with Crippen LogP contribution in [0.15, 0.2) is 51.2 Å². The summed E-state index contributed by atoms with van der Waals surface area (Å²) in [5.41, 5.74) is 0.561. The van der Waals surface area contributed by atoms with Crippen LogP contribution in [0, 0.1) is 0 Å². The first-order valence-corrected chi connectivity index (χ1v) is 9.66. The maximum atomic E-state index is 12.7. The largest absolute Gasteiger partial charge is 3.00 e. The van der Waals surface area contributed by atoms with Crippen molar-refractivity contribution in [3.05, 3.63) is 47.7 Å². The zero-order chi connectivity index (χ0) is 20.1. The minimum absolute atomic E-state index is 0. The molecule has 0 atom stereocenters. The molecule has 13 heteroatoms. The van der Waals surface area contributed by atoms with Gasteiger partial charge in [0.2, 0.25) is 5.78 Å². The first-order chi connectivity index (χ1) is 13.3. The number of H-pyrrole nitrogens is 1. The summed E-state index contributed by atoms with van der Waals surface area (Å²) < 4.78 is 37.8. The van der Waals surface area contributed by atoms with Gasteiger partial charge in [-0.1, -0.05) is 10.8 Å². The molecule has 1 aliphatic heterocycles. The summed E-state index contributed by atoms with van der Waals surface area (Å²) in [7, 11) is -4.73. The summed E-state index contributed by atoms with van der Waals surface area (Å²) >= 11 is 0.665. The number of rotatable bonds is 5. The third kappa shape index (κ3) is 3.82. The number of nitrogens with zero attached hydrogens (tertiary/aromatic N) is 1. The monoisotopic (exact) mass is 447 g/mol. The van der Waals surface area contributed by atoms with E-state index >= 15 is 0 Å². The molecule has 0 unspecified atom stereocenters.